The van der Waals surface area contributed by atoms with Crippen molar-refractivity contribution in [3.63, 3.8) is 0 Å². The van der Waals surface area contributed by atoms with Gasteiger partial charge in [0, 0.05) is 19.3 Å². The molecule has 0 aromatic carbocycles. The molecule has 0 heterocycles. The number of ether oxygens (including phenoxy) is 3. The zero-order chi connectivity index (χ0) is 34.5. The van der Waals surface area contributed by atoms with Gasteiger partial charge in [-0.2, -0.15) is 0 Å². The lowest BCUT2D eigenvalue weighted by atomic mass is 10.1. The smallest absolute Gasteiger partial charge is 0.306 e. The summed E-state index contributed by atoms with van der Waals surface area (Å²) in [6, 6.07) is 0. The van der Waals surface area contributed by atoms with Crippen LogP contribution in [0.5, 0.6) is 0 Å². The molecule has 1 atom stereocenters. The van der Waals surface area contributed by atoms with Crippen LogP contribution < -0.4 is 0 Å². The SMILES string of the molecule is CC/C=C\C/C=C\C/C=C\C/C=C\CCCCCCC(=O)OCC(COC(=O)CCCCCCCC)OC(=O)CCCCCCCC. The lowest BCUT2D eigenvalue weighted by molar-refractivity contribution is -0.167. The number of carbonyl (C=O) groups is 3. The molecule has 0 N–H and O–H groups in total. The number of hydrogen-bond donors (Lipinski definition) is 0. The van der Waals surface area contributed by atoms with Gasteiger partial charge in [0.2, 0.25) is 0 Å². The van der Waals surface area contributed by atoms with Crippen LogP contribution in [0.3, 0.4) is 0 Å². The first-order valence-corrected chi connectivity index (χ1v) is 19.1. The largest absolute Gasteiger partial charge is 0.462 e. The second-order valence-electron chi connectivity index (χ2n) is 12.5. The Labute approximate surface area is 288 Å². The first-order valence-electron chi connectivity index (χ1n) is 19.1. The molecule has 0 spiro atoms. The minimum Gasteiger partial charge on any atom is -0.462 e. The van der Waals surface area contributed by atoms with Crippen LogP contribution in [-0.2, 0) is 28.6 Å². The van der Waals surface area contributed by atoms with Gasteiger partial charge in [-0.05, 0) is 57.8 Å². The normalized spacial score (nSPS) is 12.5. The average Bonchev–Trinajstić information content (AvgIpc) is 3.06. The van der Waals surface area contributed by atoms with E-state index in [9.17, 15) is 14.4 Å². The third-order valence-electron chi connectivity index (χ3n) is 7.85. The van der Waals surface area contributed by atoms with Gasteiger partial charge in [0.1, 0.15) is 13.2 Å². The zero-order valence-corrected chi connectivity index (χ0v) is 30.5. The molecule has 0 amide bonds. The molecule has 0 radical (unpaired) electrons. The molecule has 0 aliphatic heterocycles. The molecule has 0 rings (SSSR count). The quantitative estimate of drug-likeness (QED) is 0.0302. The molecule has 0 fully saturated rings. The summed E-state index contributed by atoms with van der Waals surface area (Å²) in [6.07, 6.45) is 39.9. The topological polar surface area (TPSA) is 78.9 Å². The lowest BCUT2D eigenvalue weighted by Crippen LogP contribution is -2.30. The molecular formula is C41H70O6. The van der Waals surface area contributed by atoms with E-state index in [1.165, 1.54) is 38.5 Å². The molecular weight excluding hydrogens is 588 g/mol. The van der Waals surface area contributed by atoms with Gasteiger partial charge in [-0.3, -0.25) is 14.4 Å². The van der Waals surface area contributed by atoms with E-state index in [0.717, 1.165) is 96.3 Å². The van der Waals surface area contributed by atoms with Crippen molar-refractivity contribution >= 4 is 17.9 Å². The summed E-state index contributed by atoms with van der Waals surface area (Å²) in [7, 11) is 0. The molecule has 0 aromatic rings. The summed E-state index contributed by atoms with van der Waals surface area (Å²) in [5.41, 5.74) is 0. The molecule has 1 unspecified atom stereocenters. The molecule has 0 bridgehead atoms. The van der Waals surface area contributed by atoms with Crippen LogP contribution in [-0.4, -0.2) is 37.2 Å². The monoisotopic (exact) mass is 659 g/mol. The highest BCUT2D eigenvalue weighted by Crippen LogP contribution is 2.12. The van der Waals surface area contributed by atoms with Gasteiger partial charge >= 0.3 is 17.9 Å². The van der Waals surface area contributed by atoms with E-state index in [-0.39, 0.29) is 31.1 Å². The van der Waals surface area contributed by atoms with Gasteiger partial charge in [-0.15, -0.1) is 0 Å². The van der Waals surface area contributed by atoms with E-state index in [1.807, 2.05) is 0 Å². The van der Waals surface area contributed by atoms with Crippen LogP contribution in [0.25, 0.3) is 0 Å². The Morgan fingerprint density at radius 2 is 0.830 bits per heavy atom. The molecule has 0 aliphatic rings. The van der Waals surface area contributed by atoms with Crippen molar-refractivity contribution in [2.75, 3.05) is 13.2 Å². The summed E-state index contributed by atoms with van der Waals surface area (Å²) < 4.78 is 16.4. The molecule has 6 nitrogen and oxygen atoms in total. The second kappa shape index (κ2) is 36.2. The predicted molar refractivity (Wildman–Crippen MR) is 196 cm³/mol. The first-order chi connectivity index (χ1) is 23.0. The van der Waals surface area contributed by atoms with Crippen LogP contribution in [0, 0.1) is 0 Å². The van der Waals surface area contributed by atoms with Crippen LogP contribution in [0.15, 0.2) is 48.6 Å². The number of unbranched alkanes of at least 4 members (excludes halogenated alkanes) is 14. The minimum absolute atomic E-state index is 0.0819. The number of allylic oxidation sites excluding steroid dienone is 8. The summed E-state index contributed by atoms with van der Waals surface area (Å²) in [5, 5.41) is 0. The third kappa shape index (κ3) is 34.5. The van der Waals surface area contributed by atoms with E-state index >= 15 is 0 Å². The van der Waals surface area contributed by atoms with Crippen molar-refractivity contribution in [1.29, 1.82) is 0 Å². The third-order valence-corrected chi connectivity index (χ3v) is 7.85. The Balaban J connectivity index is 4.25. The van der Waals surface area contributed by atoms with Gasteiger partial charge in [-0.1, -0.05) is 146 Å². The van der Waals surface area contributed by atoms with Crippen molar-refractivity contribution < 1.29 is 28.6 Å². The van der Waals surface area contributed by atoms with Crippen molar-refractivity contribution in [1.82, 2.24) is 0 Å². The van der Waals surface area contributed by atoms with Crippen LogP contribution in [0.4, 0.5) is 0 Å². The highest BCUT2D eigenvalue weighted by molar-refractivity contribution is 5.71. The van der Waals surface area contributed by atoms with Gasteiger partial charge in [-0.25, -0.2) is 0 Å². The Morgan fingerprint density at radius 3 is 1.30 bits per heavy atom. The summed E-state index contributed by atoms with van der Waals surface area (Å²) in [6.45, 7) is 6.34. The summed E-state index contributed by atoms with van der Waals surface area (Å²) >= 11 is 0. The number of esters is 3. The Kier molecular flexibility index (Phi) is 34.2. The number of hydrogen-bond acceptors (Lipinski definition) is 6. The van der Waals surface area contributed by atoms with E-state index in [4.69, 9.17) is 14.2 Å². The van der Waals surface area contributed by atoms with E-state index < -0.39 is 6.10 Å². The second-order valence-corrected chi connectivity index (χ2v) is 12.5. The van der Waals surface area contributed by atoms with Gasteiger partial charge < -0.3 is 14.2 Å². The molecule has 47 heavy (non-hydrogen) atoms. The van der Waals surface area contributed by atoms with Crippen molar-refractivity contribution in [2.45, 2.75) is 181 Å². The Morgan fingerprint density at radius 1 is 0.447 bits per heavy atom. The average molecular weight is 659 g/mol. The summed E-state index contributed by atoms with van der Waals surface area (Å²) in [5.74, 6) is -0.935. The van der Waals surface area contributed by atoms with Crippen LogP contribution in [0.1, 0.15) is 175 Å². The molecule has 6 heteroatoms. The van der Waals surface area contributed by atoms with E-state index in [0.29, 0.717) is 19.3 Å². The van der Waals surface area contributed by atoms with Gasteiger partial charge in [0.05, 0.1) is 0 Å². The summed E-state index contributed by atoms with van der Waals surface area (Å²) in [4.78, 5) is 37.1. The molecule has 0 aromatic heterocycles. The molecule has 270 valence electrons. The van der Waals surface area contributed by atoms with E-state index in [2.05, 4.69) is 69.4 Å². The maximum atomic E-state index is 12.5. The first kappa shape index (κ1) is 44.4. The molecule has 0 saturated heterocycles. The van der Waals surface area contributed by atoms with Crippen LogP contribution in [0.2, 0.25) is 0 Å². The zero-order valence-electron chi connectivity index (χ0n) is 30.5. The maximum Gasteiger partial charge on any atom is 0.306 e. The lowest BCUT2D eigenvalue weighted by Gasteiger charge is -2.18. The molecule has 0 aliphatic carbocycles. The highest BCUT2D eigenvalue weighted by Gasteiger charge is 2.19. The fourth-order valence-corrected chi connectivity index (χ4v) is 4.96. The highest BCUT2D eigenvalue weighted by atomic mass is 16.6. The van der Waals surface area contributed by atoms with Gasteiger partial charge in [0.25, 0.3) is 0 Å². The van der Waals surface area contributed by atoms with Crippen LogP contribution >= 0.6 is 0 Å². The standard InChI is InChI=1S/C41H70O6/c1-4-7-10-13-16-17-18-19-20-21-22-23-24-25-26-29-31-34-40(43)46-37-38(47-41(44)35-32-28-15-12-9-6-3)36-45-39(42)33-30-27-14-11-8-5-2/h7,10,16-17,19-20,22-23,38H,4-6,8-9,11-15,18,21,24-37H2,1-3H3/b10-7-,17-16-,20-19-,23-22-. The van der Waals surface area contributed by atoms with Crippen molar-refractivity contribution in [3.05, 3.63) is 48.6 Å². The molecule has 0 saturated carbocycles. The van der Waals surface area contributed by atoms with Crippen molar-refractivity contribution in [2.24, 2.45) is 0 Å². The minimum atomic E-state index is -0.772. The Hall–Kier alpha value is -2.63. The Bertz CT molecular complexity index is 856. The fourth-order valence-electron chi connectivity index (χ4n) is 4.96. The van der Waals surface area contributed by atoms with Gasteiger partial charge in [0.15, 0.2) is 6.10 Å². The fraction of sp³-hybridized carbons (Fsp3) is 0.732. The number of carbonyl (C=O) groups excluding carboxylic acids is 3. The predicted octanol–water partition coefficient (Wildman–Crippen LogP) is 11.6. The van der Waals surface area contributed by atoms with E-state index in [1.54, 1.807) is 0 Å². The maximum absolute atomic E-state index is 12.5. The number of rotatable bonds is 33. The van der Waals surface area contributed by atoms with Crippen molar-refractivity contribution in [3.8, 4) is 0 Å².